The predicted octanol–water partition coefficient (Wildman–Crippen LogP) is 3.26. The van der Waals surface area contributed by atoms with Gasteiger partial charge in [0.15, 0.2) is 0 Å². The van der Waals surface area contributed by atoms with E-state index < -0.39 is 0 Å². The lowest BCUT2D eigenvalue weighted by Gasteiger charge is -2.21. The zero-order valence-corrected chi connectivity index (χ0v) is 13.9. The monoisotopic (exact) mass is 334 g/mol. The fourth-order valence-corrected chi connectivity index (χ4v) is 3.06. The highest BCUT2D eigenvalue weighted by Crippen LogP contribution is 2.33. The van der Waals surface area contributed by atoms with E-state index in [0.29, 0.717) is 16.3 Å². The number of carbonyl (C=O) groups is 1. The molecule has 0 bridgehead atoms. The van der Waals surface area contributed by atoms with Crippen LogP contribution in [0.3, 0.4) is 0 Å². The normalized spacial score (nSPS) is 17.3. The van der Waals surface area contributed by atoms with Crippen LogP contribution in [-0.4, -0.2) is 32.1 Å². The van der Waals surface area contributed by atoms with Crippen molar-refractivity contribution in [3.63, 3.8) is 0 Å². The minimum Gasteiger partial charge on any atom is -0.495 e. The summed E-state index contributed by atoms with van der Waals surface area (Å²) in [5, 5.41) is 3.73. The third-order valence-corrected chi connectivity index (χ3v) is 4.34. The molecule has 0 radical (unpaired) electrons. The van der Waals surface area contributed by atoms with E-state index in [-0.39, 0.29) is 11.9 Å². The molecule has 1 aliphatic heterocycles. The lowest BCUT2D eigenvalue weighted by Crippen LogP contribution is -2.37. The summed E-state index contributed by atoms with van der Waals surface area (Å²) in [6.07, 6.45) is 2.40. The lowest BCUT2D eigenvalue weighted by atomic mass is 10.2. The molecule has 5 nitrogen and oxygen atoms in total. The molecule has 23 heavy (non-hydrogen) atoms. The summed E-state index contributed by atoms with van der Waals surface area (Å²) in [6.45, 7) is 3.35. The number of methoxy groups -OCH3 is 1. The Morgan fingerprint density at radius 3 is 2.96 bits per heavy atom. The maximum Gasteiger partial charge on any atom is 0.255 e. The topological polar surface area (TPSA) is 54.7 Å². The number of nitrogens with one attached hydrogen (secondary N) is 1. The standard InChI is InChI=1S/C17H19ClN2O3/c1-11-14(6-8-23-11)17(21)19-13-5-7-20(10-13)15-9-12(18)3-4-16(15)22-2/h3-4,6,8-9,13H,5,7,10H2,1-2H3,(H,19,21)/t13-/m0/s1. The maximum absolute atomic E-state index is 12.3. The van der Waals surface area contributed by atoms with Crippen LogP contribution in [0.1, 0.15) is 22.5 Å². The first-order valence-electron chi connectivity index (χ1n) is 7.52. The number of hydrogen-bond donors (Lipinski definition) is 1. The van der Waals surface area contributed by atoms with Crippen LogP contribution in [0.15, 0.2) is 34.9 Å². The zero-order chi connectivity index (χ0) is 16.4. The number of aryl methyl sites for hydroxylation is 1. The summed E-state index contributed by atoms with van der Waals surface area (Å²) < 4.78 is 10.6. The molecular weight excluding hydrogens is 316 g/mol. The Kier molecular flexibility index (Phi) is 4.48. The number of rotatable bonds is 4. The average molecular weight is 335 g/mol. The van der Waals surface area contributed by atoms with E-state index in [2.05, 4.69) is 10.2 Å². The van der Waals surface area contributed by atoms with Crippen molar-refractivity contribution in [2.24, 2.45) is 0 Å². The molecule has 1 amide bonds. The molecule has 1 aliphatic rings. The van der Waals surface area contributed by atoms with Crippen LogP contribution in [0.2, 0.25) is 5.02 Å². The van der Waals surface area contributed by atoms with Crippen LogP contribution in [0.5, 0.6) is 5.75 Å². The van der Waals surface area contributed by atoms with Gasteiger partial charge in [-0.3, -0.25) is 4.79 Å². The fraction of sp³-hybridized carbons (Fsp3) is 0.353. The Labute approximate surface area is 140 Å². The number of anilines is 1. The van der Waals surface area contributed by atoms with Crippen LogP contribution in [-0.2, 0) is 0 Å². The summed E-state index contributed by atoms with van der Waals surface area (Å²) in [7, 11) is 1.64. The number of ether oxygens (including phenoxy) is 1. The number of benzene rings is 1. The highest BCUT2D eigenvalue weighted by Gasteiger charge is 2.27. The first-order valence-corrected chi connectivity index (χ1v) is 7.89. The number of hydrogen-bond acceptors (Lipinski definition) is 4. The number of halogens is 1. The third kappa shape index (κ3) is 3.29. The van der Waals surface area contributed by atoms with Gasteiger partial charge in [-0.1, -0.05) is 11.6 Å². The van der Waals surface area contributed by atoms with Crippen molar-refractivity contribution in [3.8, 4) is 5.75 Å². The molecule has 1 saturated heterocycles. The third-order valence-electron chi connectivity index (χ3n) is 4.11. The van der Waals surface area contributed by atoms with Crippen LogP contribution in [0.4, 0.5) is 5.69 Å². The molecule has 0 spiro atoms. The maximum atomic E-state index is 12.3. The van der Waals surface area contributed by atoms with E-state index in [4.69, 9.17) is 20.8 Å². The smallest absolute Gasteiger partial charge is 0.255 e. The van der Waals surface area contributed by atoms with Crippen molar-refractivity contribution in [2.75, 3.05) is 25.1 Å². The van der Waals surface area contributed by atoms with Gasteiger partial charge in [-0.2, -0.15) is 0 Å². The lowest BCUT2D eigenvalue weighted by molar-refractivity contribution is 0.0939. The molecule has 0 unspecified atom stereocenters. The Morgan fingerprint density at radius 2 is 2.26 bits per heavy atom. The van der Waals surface area contributed by atoms with E-state index in [1.165, 1.54) is 6.26 Å². The van der Waals surface area contributed by atoms with Gasteiger partial charge in [-0.15, -0.1) is 0 Å². The largest absolute Gasteiger partial charge is 0.495 e. The zero-order valence-electron chi connectivity index (χ0n) is 13.1. The van der Waals surface area contributed by atoms with Gasteiger partial charge >= 0.3 is 0 Å². The summed E-state index contributed by atoms with van der Waals surface area (Å²) in [5.74, 6) is 1.32. The average Bonchev–Trinajstić information content (AvgIpc) is 3.16. The van der Waals surface area contributed by atoms with Gasteiger partial charge in [0.2, 0.25) is 0 Å². The van der Waals surface area contributed by atoms with Crippen molar-refractivity contribution in [1.82, 2.24) is 5.32 Å². The van der Waals surface area contributed by atoms with E-state index >= 15 is 0 Å². The first kappa shape index (κ1) is 15.7. The number of furan rings is 1. The molecule has 2 heterocycles. The number of nitrogens with zero attached hydrogens (tertiary/aromatic N) is 1. The van der Waals surface area contributed by atoms with Crippen molar-refractivity contribution >= 4 is 23.2 Å². The Morgan fingerprint density at radius 1 is 1.43 bits per heavy atom. The Hall–Kier alpha value is -2.14. The van der Waals surface area contributed by atoms with Crippen molar-refractivity contribution in [3.05, 3.63) is 46.9 Å². The van der Waals surface area contributed by atoms with Crippen LogP contribution in [0, 0.1) is 6.92 Å². The molecule has 0 aliphatic carbocycles. The highest BCUT2D eigenvalue weighted by molar-refractivity contribution is 6.30. The molecule has 1 atom stereocenters. The van der Waals surface area contributed by atoms with Crippen LogP contribution < -0.4 is 15.0 Å². The summed E-state index contributed by atoms with van der Waals surface area (Å²) in [6, 6.07) is 7.34. The minimum absolute atomic E-state index is 0.0838. The van der Waals surface area contributed by atoms with Gasteiger partial charge in [0.1, 0.15) is 11.5 Å². The molecule has 0 saturated carbocycles. The van der Waals surface area contributed by atoms with Gasteiger partial charge < -0.3 is 19.4 Å². The molecule has 2 aromatic rings. The van der Waals surface area contributed by atoms with Crippen LogP contribution >= 0.6 is 11.6 Å². The molecule has 3 rings (SSSR count). The SMILES string of the molecule is COc1ccc(Cl)cc1N1CC[C@H](NC(=O)c2ccoc2C)C1. The number of amides is 1. The van der Waals surface area contributed by atoms with Crippen molar-refractivity contribution in [2.45, 2.75) is 19.4 Å². The van der Waals surface area contributed by atoms with Gasteiger partial charge in [-0.05, 0) is 37.6 Å². The van der Waals surface area contributed by atoms with Gasteiger partial charge in [-0.25, -0.2) is 0 Å². The summed E-state index contributed by atoms with van der Waals surface area (Å²) in [5.41, 5.74) is 1.54. The van der Waals surface area contributed by atoms with Crippen LogP contribution in [0.25, 0.3) is 0 Å². The highest BCUT2D eigenvalue weighted by atomic mass is 35.5. The second-order valence-corrected chi connectivity index (χ2v) is 6.05. The second kappa shape index (κ2) is 6.54. The molecule has 1 fully saturated rings. The van der Waals surface area contributed by atoms with Gasteiger partial charge in [0.25, 0.3) is 5.91 Å². The van der Waals surface area contributed by atoms with E-state index in [9.17, 15) is 4.79 Å². The summed E-state index contributed by atoms with van der Waals surface area (Å²) >= 11 is 6.10. The fourth-order valence-electron chi connectivity index (χ4n) is 2.89. The van der Waals surface area contributed by atoms with Gasteiger partial charge in [0, 0.05) is 24.2 Å². The summed E-state index contributed by atoms with van der Waals surface area (Å²) in [4.78, 5) is 14.4. The molecular formula is C17H19ClN2O3. The quantitative estimate of drug-likeness (QED) is 0.932. The van der Waals surface area contributed by atoms with Crippen molar-refractivity contribution in [1.29, 1.82) is 0 Å². The minimum atomic E-state index is -0.0961. The van der Waals surface area contributed by atoms with Crippen molar-refractivity contribution < 1.29 is 13.9 Å². The molecule has 122 valence electrons. The number of carbonyl (C=O) groups excluding carboxylic acids is 1. The molecule has 1 aromatic heterocycles. The van der Waals surface area contributed by atoms with E-state index in [1.807, 2.05) is 12.1 Å². The van der Waals surface area contributed by atoms with E-state index in [0.717, 1.165) is 30.9 Å². The molecule has 1 N–H and O–H groups in total. The van der Waals surface area contributed by atoms with Gasteiger partial charge in [0.05, 0.1) is 24.6 Å². The second-order valence-electron chi connectivity index (χ2n) is 5.61. The van der Waals surface area contributed by atoms with E-state index in [1.54, 1.807) is 26.2 Å². The Balaban J connectivity index is 1.68. The molecule has 1 aromatic carbocycles. The molecule has 6 heteroatoms. The first-order chi connectivity index (χ1) is 11.1. The Bertz CT molecular complexity index is 714. The predicted molar refractivity (Wildman–Crippen MR) is 89.5 cm³/mol.